The van der Waals surface area contributed by atoms with Crippen LogP contribution in [-0.4, -0.2) is 14.6 Å². The summed E-state index contributed by atoms with van der Waals surface area (Å²) in [6, 6.07) is 3.70. The van der Waals surface area contributed by atoms with E-state index in [0.29, 0.717) is 5.15 Å². The second-order valence-corrected chi connectivity index (χ2v) is 2.69. The molecule has 2 aromatic rings. The fourth-order valence-electron chi connectivity index (χ4n) is 1.03. The summed E-state index contributed by atoms with van der Waals surface area (Å²) in [6.07, 6.45) is 1.49. The number of aromatic nitrogens is 3. The fraction of sp³-hybridized carbons (Fsp3) is 0.143. The average molecular weight is 168 g/mol. The Kier molecular flexibility index (Phi) is 1.32. The number of aryl methyl sites for hydroxylation is 1. The van der Waals surface area contributed by atoms with Gasteiger partial charge in [0.05, 0.1) is 11.2 Å². The summed E-state index contributed by atoms with van der Waals surface area (Å²) in [4.78, 5) is 4.03. The van der Waals surface area contributed by atoms with Crippen LogP contribution in [0.2, 0.25) is 5.15 Å². The van der Waals surface area contributed by atoms with E-state index < -0.39 is 0 Å². The molecular weight excluding hydrogens is 162 g/mol. The molecule has 56 valence electrons. The van der Waals surface area contributed by atoms with Crippen molar-refractivity contribution < 1.29 is 0 Å². The van der Waals surface area contributed by atoms with E-state index in [1.807, 2.05) is 13.0 Å². The third-order valence-corrected chi connectivity index (χ3v) is 1.88. The van der Waals surface area contributed by atoms with Crippen molar-refractivity contribution in [1.82, 2.24) is 14.6 Å². The van der Waals surface area contributed by atoms with Crippen molar-refractivity contribution in [3.8, 4) is 0 Å². The van der Waals surface area contributed by atoms with Crippen LogP contribution < -0.4 is 0 Å². The zero-order valence-corrected chi connectivity index (χ0v) is 6.71. The van der Waals surface area contributed by atoms with Gasteiger partial charge in [0.1, 0.15) is 11.5 Å². The van der Waals surface area contributed by atoms with Crippen LogP contribution in [0.15, 0.2) is 18.5 Å². The molecule has 0 unspecified atom stereocenters. The van der Waals surface area contributed by atoms with Crippen molar-refractivity contribution in [3.63, 3.8) is 0 Å². The molecule has 0 aliphatic carbocycles. The smallest absolute Gasteiger partial charge is 0.136 e. The normalized spacial score (nSPS) is 10.7. The zero-order valence-electron chi connectivity index (χ0n) is 5.95. The van der Waals surface area contributed by atoms with Crippen LogP contribution in [0.3, 0.4) is 0 Å². The maximum atomic E-state index is 5.82. The molecule has 0 fully saturated rings. The molecule has 0 saturated carbocycles. The topological polar surface area (TPSA) is 30.2 Å². The summed E-state index contributed by atoms with van der Waals surface area (Å²) in [7, 11) is 0. The van der Waals surface area contributed by atoms with Gasteiger partial charge in [-0.1, -0.05) is 11.6 Å². The van der Waals surface area contributed by atoms with Crippen molar-refractivity contribution in [2.45, 2.75) is 6.92 Å². The summed E-state index contributed by atoms with van der Waals surface area (Å²) in [5, 5.41) is 4.59. The molecule has 4 heteroatoms. The lowest BCUT2D eigenvalue weighted by Crippen LogP contribution is -1.94. The Morgan fingerprint density at radius 2 is 2.27 bits per heavy atom. The summed E-state index contributed by atoms with van der Waals surface area (Å²) in [5.74, 6) is 0. The molecule has 0 spiro atoms. The van der Waals surface area contributed by atoms with Crippen molar-refractivity contribution in [3.05, 3.63) is 29.3 Å². The number of rotatable bonds is 0. The van der Waals surface area contributed by atoms with Crippen LogP contribution in [-0.2, 0) is 0 Å². The van der Waals surface area contributed by atoms with Gasteiger partial charge >= 0.3 is 0 Å². The Morgan fingerprint density at radius 1 is 1.45 bits per heavy atom. The summed E-state index contributed by atoms with van der Waals surface area (Å²) in [5.41, 5.74) is 1.89. The van der Waals surface area contributed by atoms with Crippen molar-refractivity contribution in [2.24, 2.45) is 0 Å². The maximum Gasteiger partial charge on any atom is 0.136 e. The summed E-state index contributed by atoms with van der Waals surface area (Å²) >= 11 is 5.82. The first-order chi connectivity index (χ1) is 5.29. The van der Waals surface area contributed by atoms with Gasteiger partial charge in [-0.15, -0.1) is 0 Å². The third kappa shape index (κ3) is 0.886. The molecular formula is C7H6ClN3. The second-order valence-electron chi connectivity index (χ2n) is 2.30. The standard InChI is InChI=1S/C7H6ClN3/c1-5-6-2-3-7(8)11(6)10-4-9-5/h2-4H,1H3. The molecule has 0 aliphatic heterocycles. The van der Waals surface area contributed by atoms with E-state index >= 15 is 0 Å². The Hall–Kier alpha value is -1.09. The lowest BCUT2D eigenvalue weighted by Gasteiger charge is -1.95. The van der Waals surface area contributed by atoms with Crippen molar-refractivity contribution in [2.75, 3.05) is 0 Å². The molecule has 0 N–H and O–H groups in total. The minimum Gasteiger partial charge on any atom is -0.238 e. The Balaban J connectivity index is 2.94. The number of fused-ring (bicyclic) bond motifs is 1. The van der Waals surface area contributed by atoms with Crippen molar-refractivity contribution >= 4 is 17.1 Å². The Labute approximate surface area is 68.6 Å². The van der Waals surface area contributed by atoms with E-state index in [-0.39, 0.29) is 0 Å². The highest BCUT2D eigenvalue weighted by Crippen LogP contribution is 2.14. The minimum atomic E-state index is 0.616. The molecule has 0 saturated heterocycles. The van der Waals surface area contributed by atoms with Gasteiger partial charge in [0, 0.05) is 0 Å². The maximum absolute atomic E-state index is 5.82. The predicted molar refractivity (Wildman–Crippen MR) is 42.7 cm³/mol. The molecule has 2 aromatic heterocycles. The first-order valence-corrected chi connectivity index (χ1v) is 3.61. The number of hydrogen-bond donors (Lipinski definition) is 0. The van der Waals surface area contributed by atoms with Crippen LogP contribution >= 0.6 is 11.6 Å². The number of hydrogen-bond acceptors (Lipinski definition) is 2. The van der Waals surface area contributed by atoms with Gasteiger partial charge in [0.2, 0.25) is 0 Å². The highest BCUT2D eigenvalue weighted by Gasteiger charge is 2.01. The molecule has 2 heterocycles. The van der Waals surface area contributed by atoms with E-state index in [1.165, 1.54) is 6.33 Å². The van der Waals surface area contributed by atoms with Gasteiger partial charge < -0.3 is 0 Å². The van der Waals surface area contributed by atoms with Crippen LogP contribution in [0.25, 0.3) is 5.52 Å². The third-order valence-electron chi connectivity index (χ3n) is 1.60. The van der Waals surface area contributed by atoms with Gasteiger partial charge in [-0.25, -0.2) is 9.50 Å². The first kappa shape index (κ1) is 6.61. The molecule has 0 aromatic carbocycles. The fourth-order valence-corrected chi connectivity index (χ4v) is 1.22. The molecule has 0 amide bonds. The average Bonchev–Trinajstić information content (AvgIpc) is 2.35. The minimum absolute atomic E-state index is 0.616. The van der Waals surface area contributed by atoms with Gasteiger partial charge in [-0.2, -0.15) is 5.10 Å². The number of halogens is 1. The lowest BCUT2D eigenvalue weighted by molar-refractivity contribution is 0.888. The molecule has 3 nitrogen and oxygen atoms in total. The van der Waals surface area contributed by atoms with E-state index in [2.05, 4.69) is 10.1 Å². The lowest BCUT2D eigenvalue weighted by atomic mass is 10.4. The molecule has 0 atom stereocenters. The molecule has 2 rings (SSSR count). The SMILES string of the molecule is Cc1ncnn2c(Cl)ccc12. The van der Waals surface area contributed by atoms with Crippen molar-refractivity contribution in [1.29, 1.82) is 0 Å². The predicted octanol–water partition coefficient (Wildman–Crippen LogP) is 1.69. The summed E-state index contributed by atoms with van der Waals surface area (Å²) in [6.45, 7) is 1.92. The van der Waals surface area contributed by atoms with Crippen LogP contribution in [0, 0.1) is 6.92 Å². The highest BCUT2D eigenvalue weighted by molar-refractivity contribution is 6.29. The van der Waals surface area contributed by atoms with Gasteiger partial charge in [0.15, 0.2) is 0 Å². The second kappa shape index (κ2) is 2.20. The Bertz CT molecular complexity index is 393. The Morgan fingerprint density at radius 3 is 3.00 bits per heavy atom. The molecule has 0 bridgehead atoms. The van der Waals surface area contributed by atoms with Gasteiger partial charge in [-0.3, -0.25) is 0 Å². The first-order valence-electron chi connectivity index (χ1n) is 3.24. The van der Waals surface area contributed by atoms with Gasteiger partial charge in [-0.05, 0) is 19.1 Å². The van der Waals surface area contributed by atoms with E-state index in [9.17, 15) is 0 Å². The van der Waals surface area contributed by atoms with Crippen LogP contribution in [0.4, 0.5) is 0 Å². The zero-order chi connectivity index (χ0) is 7.84. The molecule has 0 aliphatic rings. The number of nitrogens with zero attached hydrogens (tertiary/aromatic N) is 3. The molecule has 0 radical (unpaired) electrons. The molecule has 11 heavy (non-hydrogen) atoms. The van der Waals surface area contributed by atoms with E-state index in [4.69, 9.17) is 11.6 Å². The van der Waals surface area contributed by atoms with E-state index in [0.717, 1.165) is 11.2 Å². The quantitative estimate of drug-likeness (QED) is 0.598. The van der Waals surface area contributed by atoms with E-state index in [1.54, 1.807) is 10.6 Å². The largest absolute Gasteiger partial charge is 0.238 e. The monoisotopic (exact) mass is 167 g/mol. The van der Waals surface area contributed by atoms with Gasteiger partial charge in [0.25, 0.3) is 0 Å². The summed E-state index contributed by atoms with van der Waals surface area (Å²) < 4.78 is 1.66. The van der Waals surface area contributed by atoms with Crippen LogP contribution in [0.1, 0.15) is 5.69 Å². The van der Waals surface area contributed by atoms with Crippen LogP contribution in [0.5, 0.6) is 0 Å². The highest BCUT2D eigenvalue weighted by atomic mass is 35.5.